The van der Waals surface area contributed by atoms with Crippen molar-refractivity contribution >= 4 is 42.1 Å². The molecule has 0 atom stereocenters. The number of piperazine rings is 1. The van der Waals surface area contributed by atoms with Gasteiger partial charge in [-0.3, -0.25) is 4.90 Å². The Bertz CT molecular complexity index is 1070. The van der Waals surface area contributed by atoms with Gasteiger partial charge in [-0.15, -0.1) is 24.8 Å². The van der Waals surface area contributed by atoms with E-state index in [9.17, 15) is 0 Å². The van der Waals surface area contributed by atoms with Crippen LogP contribution in [-0.2, 0) is 25.9 Å². The van der Waals surface area contributed by atoms with E-state index in [2.05, 4.69) is 64.4 Å². The van der Waals surface area contributed by atoms with E-state index in [1.807, 2.05) is 12.1 Å². The molecule has 3 nitrogen and oxygen atoms in total. The fourth-order valence-corrected chi connectivity index (χ4v) is 5.14. The molecule has 1 aliphatic carbocycles. The molecule has 0 bridgehead atoms. The van der Waals surface area contributed by atoms with E-state index in [1.165, 1.54) is 53.6 Å². The highest BCUT2D eigenvalue weighted by Crippen LogP contribution is 2.26. The van der Waals surface area contributed by atoms with Crippen LogP contribution in [0.25, 0.3) is 0 Å². The second-order valence-electron chi connectivity index (χ2n) is 9.30. The Hall–Kier alpha value is -1.91. The zero-order valence-corrected chi connectivity index (χ0v) is 22.5. The number of aryl methyl sites for hydroxylation is 2. The van der Waals surface area contributed by atoms with Gasteiger partial charge in [-0.05, 0) is 84.7 Å². The lowest BCUT2D eigenvalue weighted by atomic mass is 9.92. The molecular weight excluding hydrogens is 499 g/mol. The molecule has 0 N–H and O–H groups in total. The number of nitrogens with zero attached hydrogens (tertiary/aromatic N) is 2. The highest BCUT2D eigenvalue weighted by molar-refractivity contribution is 6.30. The third-order valence-corrected chi connectivity index (χ3v) is 7.25. The van der Waals surface area contributed by atoms with Crippen molar-refractivity contribution < 1.29 is 4.74 Å². The lowest BCUT2D eigenvalue weighted by Crippen LogP contribution is -2.47. The number of benzene rings is 3. The van der Waals surface area contributed by atoms with Crippen molar-refractivity contribution in [3.8, 4) is 5.75 Å². The second-order valence-corrected chi connectivity index (χ2v) is 9.74. The summed E-state index contributed by atoms with van der Waals surface area (Å²) in [5.74, 6) is 0.997. The molecule has 5 rings (SSSR count). The van der Waals surface area contributed by atoms with Gasteiger partial charge < -0.3 is 9.64 Å². The van der Waals surface area contributed by atoms with Gasteiger partial charge in [0.15, 0.2) is 0 Å². The van der Waals surface area contributed by atoms with Crippen LogP contribution in [0.2, 0.25) is 5.02 Å². The van der Waals surface area contributed by atoms with Crippen molar-refractivity contribution in [2.45, 2.75) is 38.7 Å². The summed E-state index contributed by atoms with van der Waals surface area (Å²) in [6.45, 7) is 6.04. The number of ether oxygens (including phenoxy) is 1. The predicted octanol–water partition coefficient (Wildman–Crippen LogP) is 7.01. The first-order valence-corrected chi connectivity index (χ1v) is 12.7. The molecule has 188 valence electrons. The third kappa shape index (κ3) is 7.54. The van der Waals surface area contributed by atoms with Gasteiger partial charge in [0.25, 0.3) is 0 Å². The monoisotopic (exact) mass is 532 g/mol. The molecule has 35 heavy (non-hydrogen) atoms. The maximum Gasteiger partial charge on any atom is 0.120 e. The van der Waals surface area contributed by atoms with Crippen LogP contribution >= 0.6 is 36.4 Å². The Morgan fingerprint density at radius 3 is 2.20 bits per heavy atom. The number of hydrogen-bond donors (Lipinski definition) is 0. The highest BCUT2D eigenvalue weighted by atomic mass is 35.5. The van der Waals surface area contributed by atoms with Crippen molar-refractivity contribution in [3.05, 3.63) is 94.0 Å². The van der Waals surface area contributed by atoms with Gasteiger partial charge >= 0.3 is 0 Å². The van der Waals surface area contributed by atoms with Crippen LogP contribution in [0.4, 0.5) is 5.69 Å². The number of anilines is 1. The van der Waals surface area contributed by atoms with Crippen molar-refractivity contribution in [2.75, 3.05) is 37.6 Å². The van der Waals surface area contributed by atoms with E-state index in [0.29, 0.717) is 6.61 Å². The molecule has 1 saturated heterocycles. The fourth-order valence-electron chi connectivity index (χ4n) is 4.96. The molecule has 1 aliphatic heterocycles. The van der Waals surface area contributed by atoms with Gasteiger partial charge in [-0.25, -0.2) is 0 Å². The van der Waals surface area contributed by atoms with Crippen LogP contribution in [-0.4, -0.2) is 37.6 Å². The Kier molecular flexibility index (Phi) is 10.6. The molecule has 0 spiro atoms. The Balaban J connectivity index is 0.00000171. The van der Waals surface area contributed by atoms with Crippen LogP contribution in [0.5, 0.6) is 5.75 Å². The number of rotatable bonds is 7. The molecular formula is C29H35Cl3N2O. The molecule has 0 saturated carbocycles. The first kappa shape index (κ1) is 27.7. The van der Waals surface area contributed by atoms with Gasteiger partial charge in [-0.1, -0.05) is 48.0 Å². The third-order valence-electron chi connectivity index (χ3n) is 7.01. The first-order chi connectivity index (χ1) is 16.2. The van der Waals surface area contributed by atoms with Crippen LogP contribution in [0, 0.1) is 0 Å². The molecule has 6 heteroatoms. The molecule has 0 aromatic heterocycles. The quantitative estimate of drug-likeness (QED) is 0.325. The summed E-state index contributed by atoms with van der Waals surface area (Å²) in [6.07, 6.45) is 6.11. The van der Waals surface area contributed by atoms with E-state index in [0.717, 1.165) is 49.9 Å². The average molecular weight is 534 g/mol. The van der Waals surface area contributed by atoms with Crippen molar-refractivity contribution in [1.82, 2.24) is 4.90 Å². The lowest BCUT2D eigenvalue weighted by molar-refractivity contribution is 0.261. The summed E-state index contributed by atoms with van der Waals surface area (Å²) in [4.78, 5) is 4.99. The summed E-state index contributed by atoms with van der Waals surface area (Å²) in [5, 5.41) is 0.812. The smallest absolute Gasteiger partial charge is 0.120 e. The minimum atomic E-state index is 0. The number of fused-ring (bicyclic) bond motifs is 1. The van der Waals surface area contributed by atoms with E-state index in [-0.39, 0.29) is 24.8 Å². The van der Waals surface area contributed by atoms with Crippen LogP contribution < -0.4 is 9.64 Å². The van der Waals surface area contributed by atoms with Crippen LogP contribution in [0.1, 0.15) is 35.1 Å². The minimum Gasteiger partial charge on any atom is -0.489 e. The molecule has 3 aromatic carbocycles. The van der Waals surface area contributed by atoms with Gasteiger partial charge in [0.05, 0.1) is 0 Å². The predicted molar refractivity (Wildman–Crippen MR) is 152 cm³/mol. The Morgan fingerprint density at radius 2 is 1.46 bits per heavy atom. The van der Waals surface area contributed by atoms with Gasteiger partial charge in [0, 0.05) is 43.4 Å². The zero-order valence-electron chi connectivity index (χ0n) is 20.1. The molecule has 3 aromatic rings. The molecule has 1 heterocycles. The number of halogens is 3. The fraction of sp³-hybridized carbons (Fsp3) is 0.379. The Morgan fingerprint density at radius 1 is 0.743 bits per heavy atom. The summed E-state index contributed by atoms with van der Waals surface area (Å²) in [6, 6.07) is 23.8. The van der Waals surface area contributed by atoms with Gasteiger partial charge in [0.1, 0.15) is 12.4 Å². The lowest BCUT2D eigenvalue weighted by Gasteiger charge is -2.36. The molecule has 1 fully saturated rings. The van der Waals surface area contributed by atoms with Gasteiger partial charge in [0.2, 0.25) is 0 Å². The average Bonchev–Trinajstić information content (AvgIpc) is 2.87. The largest absolute Gasteiger partial charge is 0.489 e. The van der Waals surface area contributed by atoms with E-state index in [1.54, 1.807) is 0 Å². The normalized spacial score (nSPS) is 15.5. The maximum absolute atomic E-state index is 6.15. The second kappa shape index (κ2) is 13.4. The molecule has 2 aliphatic rings. The van der Waals surface area contributed by atoms with Gasteiger partial charge in [-0.2, -0.15) is 0 Å². The zero-order chi connectivity index (χ0) is 22.5. The topological polar surface area (TPSA) is 15.7 Å². The SMILES string of the molecule is Cl.Cl.Clc1cccc(N2CCN(CCc3ccc(COc4ccc5c(c4)CCCC5)cc3)CC2)c1. The van der Waals surface area contributed by atoms with Crippen LogP contribution in [0.3, 0.4) is 0 Å². The molecule has 0 unspecified atom stereocenters. The van der Waals surface area contributed by atoms with Crippen molar-refractivity contribution in [2.24, 2.45) is 0 Å². The van der Waals surface area contributed by atoms with E-state index >= 15 is 0 Å². The van der Waals surface area contributed by atoms with Crippen LogP contribution in [0.15, 0.2) is 66.7 Å². The standard InChI is InChI=1S/C29H33ClN2O.2ClH/c30-27-6-3-7-28(21-27)32-18-16-31(17-19-32)15-14-23-8-10-24(11-9-23)22-33-29-13-12-25-4-1-2-5-26(25)20-29;;/h3,6-13,20-21H,1-2,4-5,14-19,22H2;2*1H. The minimum absolute atomic E-state index is 0. The Labute approximate surface area is 227 Å². The summed E-state index contributed by atoms with van der Waals surface area (Å²) < 4.78 is 6.09. The summed E-state index contributed by atoms with van der Waals surface area (Å²) >= 11 is 6.15. The van der Waals surface area contributed by atoms with E-state index < -0.39 is 0 Å². The highest BCUT2D eigenvalue weighted by Gasteiger charge is 2.17. The first-order valence-electron chi connectivity index (χ1n) is 12.3. The maximum atomic E-state index is 6.15. The summed E-state index contributed by atoms with van der Waals surface area (Å²) in [7, 11) is 0. The number of hydrogen-bond acceptors (Lipinski definition) is 3. The van der Waals surface area contributed by atoms with Crippen molar-refractivity contribution in [1.29, 1.82) is 0 Å². The van der Waals surface area contributed by atoms with Crippen molar-refractivity contribution in [3.63, 3.8) is 0 Å². The molecule has 0 amide bonds. The summed E-state index contributed by atoms with van der Waals surface area (Å²) in [5.41, 5.74) is 6.83. The molecule has 0 radical (unpaired) electrons. The van der Waals surface area contributed by atoms with E-state index in [4.69, 9.17) is 16.3 Å².